The molecule has 0 aliphatic rings. The zero-order valence-corrected chi connectivity index (χ0v) is 13.8. The Morgan fingerprint density at radius 2 is 2.04 bits per heavy atom. The molecule has 0 aliphatic heterocycles. The molecule has 7 nitrogen and oxygen atoms in total. The van der Waals surface area contributed by atoms with Gasteiger partial charge in [-0.1, -0.05) is 11.6 Å². The van der Waals surface area contributed by atoms with Crippen LogP contribution in [0.1, 0.15) is 0 Å². The Bertz CT molecular complexity index is 1350. The molecule has 1 aromatic carbocycles. The van der Waals surface area contributed by atoms with E-state index in [-0.39, 0.29) is 5.56 Å². The fraction of sp³-hybridized carbons (Fsp3) is 0.0588. The van der Waals surface area contributed by atoms with Gasteiger partial charge >= 0.3 is 0 Å². The van der Waals surface area contributed by atoms with E-state index in [4.69, 9.17) is 11.6 Å². The van der Waals surface area contributed by atoms with Crippen molar-refractivity contribution < 1.29 is 0 Å². The number of nitrogens with zero attached hydrogens (tertiary/aromatic N) is 5. The highest BCUT2D eigenvalue weighted by molar-refractivity contribution is 6.30. The molecule has 0 fully saturated rings. The fourth-order valence-corrected chi connectivity index (χ4v) is 3.30. The lowest BCUT2D eigenvalue weighted by Gasteiger charge is -2.10. The molecule has 25 heavy (non-hydrogen) atoms. The second kappa shape index (κ2) is 4.90. The summed E-state index contributed by atoms with van der Waals surface area (Å²) >= 11 is 6.10. The van der Waals surface area contributed by atoms with E-state index in [0.29, 0.717) is 22.0 Å². The predicted octanol–water partition coefficient (Wildman–Crippen LogP) is 2.80. The van der Waals surface area contributed by atoms with Gasteiger partial charge in [-0.15, -0.1) is 0 Å². The predicted molar refractivity (Wildman–Crippen MR) is 96.3 cm³/mol. The minimum Gasteiger partial charge on any atom is -0.345 e. The average molecular weight is 351 g/mol. The van der Waals surface area contributed by atoms with Crippen molar-refractivity contribution >= 4 is 44.6 Å². The monoisotopic (exact) mass is 350 g/mol. The number of hydrogen-bond acceptors (Lipinski definition) is 4. The van der Waals surface area contributed by atoms with Crippen molar-refractivity contribution in [1.82, 2.24) is 29.3 Å². The van der Waals surface area contributed by atoms with E-state index < -0.39 is 0 Å². The zero-order valence-electron chi connectivity index (χ0n) is 13.1. The second-order valence-corrected chi connectivity index (χ2v) is 6.20. The molecule has 5 rings (SSSR count). The average Bonchev–Trinajstić information content (AvgIpc) is 3.20. The molecule has 1 N–H and O–H groups in total. The van der Waals surface area contributed by atoms with Crippen molar-refractivity contribution in [2.45, 2.75) is 0 Å². The van der Waals surface area contributed by atoms with E-state index in [1.54, 1.807) is 24.1 Å². The summed E-state index contributed by atoms with van der Waals surface area (Å²) < 4.78 is 3.17. The summed E-state index contributed by atoms with van der Waals surface area (Å²) in [5, 5.41) is 6.22. The third kappa shape index (κ3) is 1.99. The van der Waals surface area contributed by atoms with E-state index in [1.165, 1.54) is 4.57 Å². The number of rotatable bonds is 1. The van der Waals surface area contributed by atoms with Crippen LogP contribution in [-0.4, -0.2) is 29.3 Å². The number of imidazole rings is 1. The normalized spacial score (nSPS) is 11.8. The van der Waals surface area contributed by atoms with Crippen molar-refractivity contribution in [3.05, 3.63) is 58.4 Å². The highest BCUT2D eigenvalue weighted by Crippen LogP contribution is 2.25. The first kappa shape index (κ1) is 14.2. The van der Waals surface area contributed by atoms with Gasteiger partial charge in [0.1, 0.15) is 10.8 Å². The van der Waals surface area contributed by atoms with Crippen molar-refractivity contribution in [2.24, 2.45) is 7.05 Å². The zero-order chi connectivity index (χ0) is 17.1. The Balaban J connectivity index is 1.99. The van der Waals surface area contributed by atoms with Crippen molar-refractivity contribution in [2.75, 3.05) is 0 Å². The lowest BCUT2D eigenvalue weighted by Crippen LogP contribution is -2.20. The summed E-state index contributed by atoms with van der Waals surface area (Å²) in [7, 11) is 1.79. The molecule has 0 atom stereocenters. The van der Waals surface area contributed by atoms with Gasteiger partial charge in [-0.25, -0.2) is 9.97 Å². The number of aryl methyl sites for hydroxylation is 1. The van der Waals surface area contributed by atoms with Crippen LogP contribution in [0.2, 0.25) is 5.15 Å². The molecule has 0 amide bonds. The molecule has 8 heteroatoms. The van der Waals surface area contributed by atoms with Gasteiger partial charge in [-0.05, 0) is 30.3 Å². The second-order valence-electron chi connectivity index (χ2n) is 5.81. The summed E-state index contributed by atoms with van der Waals surface area (Å²) in [5.41, 5.74) is 2.98. The highest BCUT2D eigenvalue weighted by Gasteiger charge is 2.17. The molecule has 0 saturated carbocycles. The van der Waals surface area contributed by atoms with E-state index in [2.05, 4.69) is 20.1 Å². The first-order chi connectivity index (χ1) is 12.1. The van der Waals surface area contributed by atoms with Gasteiger partial charge in [0.2, 0.25) is 0 Å². The molecule has 0 spiro atoms. The fourth-order valence-electron chi connectivity index (χ4n) is 3.15. The van der Waals surface area contributed by atoms with Crippen LogP contribution < -0.4 is 5.56 Å². The molecule has 0 saturated heterocycles. The molecule has 4 aromatic heterocycles. The van der Waals surface area contributed by atoms with Crippen molar-refractivity contribution in [1.29, 1.82) is 0 Å². The summed E-state index contributed by atoms with van der Waals surface area (Å²) in [6.45, 7) is 0. The molecule has 5 aromatic rings. The van der Waals surface area contributed by atoms with Crippen molar-refractivity contribution in [3.8, 4) is 5.69 Å². The summed E-state index contributed by atoms with van der Waals surface area (Å²) in [6, 6.07) is 9.12. The maximum Gasteiger partial charge on any atom is 0.285 e. The van der Waals surface area contributed by atoms with E-state index in [1.807, 2.05) is 30.5 Å². The van der Waals surface area contributed by atoms with Gasteiger partial charge in [-0.2, -0.15) is 5.10 Å². The maximum atomic E-state index is 13.1. The Morgan fingerprint density at radius 3 is 2.92 bits per heavy atom. The molecule has 0 aliphatic carbocycles. The van der Waals surface area contributed by atoms with Crippen molar-refractivity contribution in [3.63, 3.8) is 0 Å². The Morgan fingerprint density at radius 1 is 1.16 bits per heavy atom. The summed E-state index contributed by atoms with van der Waals surface area (Å²) in [6.07, 6.45) is 3.43. The van der Waals surface area contributed by atoms with Crippen LogP contribution in [0.25, 0.3) is 38.7 Å². The number of halogens is 1. The van der Waals surface area contributed by atoms with Gasteiger partial charge < -0.3 is 4.98 Å². The smallest absolute Gasteiger partial charge is 0.285 e. The molecule has 122 valence electrons. The first-order valence-electron chi connectivity index (χ1n) is 7.60. The lowest BCUT2D eigenvalue weighted by atomic mass is 10.2. The van der Waals surface area contributed by atoms with Gasteiger partial charge in [-0.3, -0.25) is 14.0 Å². The van der Waals surface area contributed by atoms with Crippen LogP contribution in [-0.2, 0) is 7.05 Å². The van der Waals surface area contributed by atoms with Crippen LogP contribution in [0.4, 0.5) is 0 Å². The number of H-pyrrole nitrogens is 1. The van der Waals surface area contributed by atoms with Crippen LogP contribution in [0.5, 0.6) is 0 Å². The lowest BCUT2D eigenvalue weighted by molar-refractivity contribution is 0.777. The SMILES string of the molecule is Cn1cc2c(n1)c(=O)n(-c1ccc3nc[nH]c3c1)c1nc(Cl)ccc21. The van der Waals surface area contributed by atoms with Gasteiger partial charge in [0.15, 0.2) is 5.52 Å². The van der Waals surface area contributed by atoms with Gasteiger partial charge in [0.25, 0.3) is 5.56 Å². The van der Waals surface area contributed by atoms with Crippen LogP contribution in [0, 0.1) is 0 Å². The minimum atomic E-state index is -0.239. The number of nitrogens with one attached hydrogen (secondary N) is 1. The number of aromatic amines is 1. The molecule has 4 heterocycles. The van der Waals surface area contributed by atoms with Gasteiger partial charge in [0, 0.05) is 24.0 Å². The Labute approximate surface area is 145 Å². The third-order valence-electron chi connectivity index (χ3n) is 4.24. The number of fused-ring (bicyclic) bond motifs is 4. The van der Waals surface area contributed by atoms with Crippen LogP contribution in [0.3, 0.4) is 0 Å². The Kier molecular flexibility index (Phi) is 2.78. The van der Waals surface area contributed by atoms with Crippen LogP contribution >= 0.6 is 11.6 Å². The quantitative estimate of drug-likeness (QED) is 0.471. The number of benzene rings is 1. The molecule has 0 unspecified atom stereocenters. The molecule has 0 radical (unpaired) electrons. The third-order valence-corrected chi connectivity index (χ3v) is 4.45. The van der Waals surface area contributed by atoms with Crippen LogP contribution in [0.15, 0.2) is 47.7 Å². The number of hydrogen-bond donors (Lipinski definition) is 1. The summed E-state index contributed by atoms with van der Waals surface area (Å²) in [5.74, 6) is 0. The van der Waals surface area contributed by atoms with E-state index in [0.717, 1.165) is 21.8 Å². The van der Waals surface area contributed by atoms with E-state index >= 15 is 0 Å². The highest BCUT2D eigenvalue weighted by atomic mass is 35.5. The molecular weight excluding hydrogens is 340 g/mol. The number of pyridine rings is 2. The molecular formula is C17H11ClN6O. The summed E-state index contributed by atoms with van der Waals surface area (Å²) in [4.78, 5) is 24.8. The number of aromatic nitrogens is 6. The Hall–Kier alpha value is -3.19. The van der Waals surface area contributed by atoms with Gasteiger partial charge in [0.05, 0.1) is 23.0 Å². The standard InChI is InChI=1S/C17H11ClN6O/c1-23-7-11-10-3-5-14(18)21-16(10)24(17(25)15(11)22-23)9-2-4-12-13(6-9)20-8-19-12/h2-8H,1H3,(H,19,20). The molecule has 0 bridgehead atoms. The minimum absolute atomic E-state index is 0.239. The topological polar surface area (TPSA) is 81.4 Å². The largest absolute Gasteiger partial charge is 0.345 e. The maximum absolute atomic E-state index is 13.1. The van der Waals surface area contributed by atoms with E-state index in [9.17, 15) is 4.79 Å². The first-order valence-corrected chi connectivity index (χ1v) is 7.98.